The monoisotopic (exact) mass is 589 g/mol. The number of aromatic nitrogens is 2. The second kappa shape index (κ2) is 11.0. The van der Waals surface area contributed by atoms with Crippen LogP contribution in [0.25, 0.3) is 38.0 Å². The van der Waals surface area contributed by atoms with Crippen molar-refractivity contribution < 1.29 is 9.90 Å². The van der Waals surface area contributed by atoms with E-state index in [1.54, 1.807) is 9.30 Å². The standard InChI is InChI=1S/C36H39N5O3/c1-8-24-17-27(37-7)18-26-13-12-25-11-10-20(3)23(6)31(25)30-21(4)16-28-33(34(30)43)41(32(24)26)36(44)38-35(28)40-15-14-39(19-22(40)5)29(42)9-2/h9-13,16-18,22,37,43H,2,8,14-15,19H2,1,3-7H3/t22-/m0/s1. The summed E-state index contributed by atoms with van der Waals surface area (Å²) in [4.78, 5) is 35.3. The van der Waals surface area contributed by atoms with E-state index in [2.05, 4.69) is 74.0 Å². The van der Waals surface area contributed by atoms with Gasteiger partial charge >= 0.3 is 5.69 Å². The van der Waals surface area contributed by atoms with Gasteiger partial charge in [0.05, 0.1) is 5.52 Å². The van der Waals surface area contributed by atoms with Gasteiger partial charge in [0, 0.05) is 54.6 Å². The Labute approximate surface area is 256 Å². The van der Waals surface area contributed by atoms with Crippen LogP contribution in [0.3, 0.4) is 0 Å². The van der Waals surface area contributed by atoms with Gasteiger partial charge in [0.25, 0.3) is 0 Å². The number of rotatable bonds is 4. The Morgan fingerprint density at radius 1 is 1.05 bits per heavy atom. The van der Waals surface area contributed by atoms with Crippen molar-refractivity contribution in [1.29, 1.82) is 0 Å². The van der Waals surface area contributed by atoms with Crippen LogP contribution in [0.2, 0.25) is 0 Å². The molecule has 2 aromatic heterocycles. The maximum atomic E-state index is 14.3. The number of carbonyl (C=O) groups excluding carboxylic acids is 1. The summed E-state index contributed by atoms with van der Waals surface area (Å²) in [5.74, 6) is 0.466. The fourth-order valence-electron chi connectivity index (χ4n) is 6.85. The van der Waals surface area contributed by atoms with Crippen molar-refractivity contribution >= 4 is 55.4 Å². The molecule has 8 heteroatoms. The Morgan fingerprint density at radius 2 is 1.77 bits per heavy atom. The van der Waals surface area contributed by atoms with E-state index in [-0.39, 0.29) is 17.7 Å². The molecule has 5 aromatic rings. The van der Waals surface area contributed by atoms with Gasteiger partial charge in [-0.25, -0.2) is 4.79 Å². The minimum atomic E-state index is -0.460. The van der Waals surface area contributed by atoms with E-state index in [0.717, 1.165) is 44.1 Å². The van der Waals surface area contributed by atoms with Crippen LogP contribution >= 0.6 is 0 Å². The predicted octanol–water partition coefficient (Wildman–Crippen LogP) is 6.17. The number of benzene rings is 3. The van der Waals surface area contributed by atoms with Gasteiger partial charge in [-0.05, 0) is 91.4 Å². The summed E-state index contributed by atoms with van der Waals surface area (Å²) >= 11 is 0. The number of nitrogens with zero attached hydrogens (tertiary/aromatic N) is 4. The third-order valence-electron chi connectivity index (χ3n) is 9.29. The molecule has 1 aliphatic rings. The summed E-state index contributed by atoms with van der Waals surface area (Å²) in [5, 5.41) is 19.9. The van der Waals surface area contributed by atoms with Gasteiger partial charge in [-0.1, -0.05) is 37.8 Å². The largest absolute Gasteiger partial charge is 0.505 e. The number of amides is 1. The second-order valence-electron chi connectivity index (χ2n) is 11.9. The molecule has 1 fully saturated rings. The van der Waals surface area contributed by atoms with Crippen LogP contribution in [0.5, 0.6) is 5.75 Å². The molecule has 0 radical (unpaired) electrons. The Kier molecular flexibility index (Phi) is 7.32. The minimum absolute atomic E-state index is 0.0600. The van der Waals surface area contributed by atoms with Gasteiger partial charge < -0.3 is 20.2 Å². The lowest BCUT2D eigenvalue weighted by molar-refractivity contribution is -0.126. The molecule has 3 aromatic carbocycles. The molecule has 8 nitrogen and oxygen atoms in total. The highest BCUT2D eigenvalue weighted by Gasteiger charge is 2.30. The summed E-state index contributed by atoms with van der Waals surface area (Å²) in [6, 6.07) is 14.4. The number of anilines is 2. The van der Waals surface area contributed by atoms with Gasteiger partial charge in [0.1, 0.15) is 17.1 Å². The molecule has 0 aliphatic carbocycles. The van der Waals surface area contributed by atoms with Gasteiger partial charge in [0.15, 0.2) is 0 Å². The van der Waals surface area contributed by atoms with Gasteiger partial charge in [0.2, 0.25) is 5.91 Å². The Hall–Kier alpha value is -4.85. The predicted molar refractivity (Wildman–Crippen MR) is 181 cm³/mol. The molecule has 44 heavy (non-hydrogen) atoms. The molecule has 1 amide bonds. The number of carbonyl (C=O) groups is 1. The van der Waals surface area contributed by atoms with Gasteiger partial charge in [-0.2, -0.15) is 4.98 Å². The number of hydrogen-bond acceptors (Lipinski definition) is 6. The lowest BCUT2D eigenvalue weighted by atomic mass is 9.94. The van der Waals surface area contributed by atoms with E-state index in [4.69, 9.17) is 4.98 Å². The van der Waals surface area contributed by atoms with Crippen LogP contribution in [0.15, 0.2) is 59.9 Å². The summed E-state index contributed by atoms with van der Waals surface area (Å²) in [5.41, 5.74) is 5.67. The molecule has 2 N–H and O–H groups in total. The highest BCUT2D eigenvalue weighted by atomic mass is 16.3. The number of hydrogen-bond donors (Lipinski definition) is 2. The highest BCUT2D eigenvalue weighted by Crippen LogP contribution is 2.41. The highest BCUT2D eigenvalue weighted by molar-refractivity contribution is 6.12. The van der Waals surface area contributed by atoms with E-state index in [0.29, 0.717) is 53.7 Å². The molecule has 2 bridgehead atoms. The second-order valence-corrected chi connectivity index (χ2v) is 11.9. The van der Waals surface area contributed by atoms with E-state index in [1.807, 2.05) is 27.0 Å². The normalized spacial score (nSPS) is 15.4. The van der Waals surface area contributed by atoms with Crippen LogP contribution in [0, 0.1) is 20.8 Å². The zero-order valence-corrected chi connectivity index (χ0v) is 26.3. The quantitative estimate of drug-likeness (QED) is 0.244. The number of piperazine rings is 1. The summed E-state index contributed by atoms with van der Waals surface area (Å²) in [7, 11) is 1.88. The molecule has 3 heterocycles. The SMILES string of the molecule is C=CC(=O)N1CCN(c2nc(=O)n3c4c(CC)cc(NC)cc4ccc4ccc(C)c(C)c4c4c(C)cc2c3c4O)[C@@H](C)C1. The minimum Gasteiger partial charge on any atom is -0.505 e. The van der Waals surface area contributed by atoms with Crippen LogP contribution < -0.4 is 15.9 Å². The summed E-state index contributed by atoms with van der Waals surface area (Å²) < 4.78 is 1.60. The maximum Gasteiger partial charge on any atom is 0.354 e. The number of nitrogens with one attached hydrogen (secondary N) is 1. The third kappa shape index (κ3) is 4.48. The van der Waals surface area contributed by atoms with E-state index in [9.17, 15) is 14.7 Å². The molecule has 6 rings (SSSR count). The van der Waals surface area contributed by atoms with Crippen LogP contribution in [0.4, 0.5) is 11.5 Å². The van der Waals surface area contributed by atoms with Crippen molar-refractivity contribution in [2.24, 2.45) is 0 Å². The molecule has 0 unspecified atom stereocenters. The molecule has 1 saturated heterocycles. The van der Waals surface area contributed by atoms with Crippen LogP contribution in [-0.2, 0) is 11.2 Å². The van der Waals surface area contributed by atoms with Crippen molar-refractivity contribution in [1.82, 2.24) is 14.3 Å². The Balaban J connectivity index is 1.85. The number of phenols is 1. The lowest BCUT2D eigenvalue weighted by Crippen LogP contribution is -2.54. The number of fused-ring (bicyclic) bond motifs is 5. The summed E-state index contributed by atoms with van der Waals surface area (Å²) in [6.45, 7) is 15.3. The van der Waals surface area contributed by atoms with Crippen molar-refractivity contribution in [3.05, 3.63) is 87.9 Å². The number of aryl methyl sites for hydroxylation is 4. The van der Waals surface area contributed by atoms with Crippen LogP contribution in [0.1, 0.15) is 36.1 Å². The zero-order valence-electron chi connectivity index (χ0n) is 26.3. The number of phenolic OH excluding ortho intramolecular Hbond substituents is 1. The van der Waals surface area contributed by atoms with Gasteiger partial charge in [-0.15, -0.1) is 0 Å². The van der Waals surface area contributed by atoms with Crippen molar-refractivity contribution in [3.63, 3.8) is 0 Å². The van der Waals surface area contributed by atoms with E-state index < -0.39 is 5.69 Å². The van der Waals surface area contributed by atoms with Crippen molar-refractivity contribution in [3.8, 4) is 5.75 Å². The lowest BCUT2D eigenvalue weighted by Gasteiger charge is -2.40. The van der Waals surface area contributed by atoms with E-state index in [1.165, 1.54) is 6.08 Å². The molecule has 1 aliphatic heterocycles. The first-order chi connectivity index (χ1) is 21.1. The first kappa shape index (κ1) is 29.2. The topological polar surface area (TPSA) is 90.2 Å². The van der Waals surface area contributed by atoms with Gasteiger partial charge in [-0.3, -0.25) is 9.20 Å². The molecule has 0 saturated carbocycles. The van der Waals surface area contributed by atoms with Crippen molar-refractivity contribution in [2.75, 3.05) is 36.9 Å². The third-order valence-corrected chi connectivity index (χ3v) is 9.29. The Morgan fingerprint density at radius 3 is 2.45 bits per heavy atom. The maximum absolute atomic E-state index is 14.3. The van der Waals surface area contributed by atoms with Crippen LogP contribution in [-0.4, -0.2) is 58.0 Å². The molecule has 0 spiro atoms. The molecule has 1 atom stereocenters. The molecular formula is C36H39N5O3. The number of aromatic hydroxyl groups is 1. The summed E-state index contributed by atoms with van der Waals surface area (Å²) in [6.07, 6.45) is 2.01. The van der Waals surface area contributed by atoms with Crippen molar-refractivity contribution in [2.45, 2.75) is 47.1 Å². The first-order valence-electron chi connectivity index (χ1n) is 15.2. The fraction of sp³-hybridized carbons (Fsp3) is 0.306. The van der Waals surface area contributed by atoms with E-state index >= 15 is 0 Å². The average molecular weight is 590 g/mol. The average Bonchev–Trinajstić information content (AvgIpc) is 3.01. The molecule has 226 valence electrons. The first-order valence-corrected chi connectivity index (χ1v) is 15.2. The zero-order chi connectivity index (χ0) is 31.4. The molecular weight excluding hydrogens is 550 g/mol. The smallest absolute Gasteiger partial charge is 0.354 e. The fourth-order valence-corrected chi connectivity index (χ4v) is 6.85. The Bertz CT molecular complexity index is 2110.